The third kappa shape index (κ3) is 4.30. The zero-order chi connectivity index (χ0) is 13.7. The van der Waals surface area contributed by atoms with Crippen molar-refractivity contribution in [2.24, 2.45) is 5.73 Å². The first kappa shape index (κ1) is 14.5. The Balaban J connectivity index is 2.24. The van der Waals surface area contributed by atoms with Crippen LogP contribution in [0.25, 0.3) is 0 Å². The van der Waals surface area contributed by atoms with Gasteiger partial charge in [0.1, 0.15) is 0 Å². The van der Waals surface area contributed by atoms with Gasteiger partial charge < -0.3 is 5.73 Å². The molecule has 0 saturated carbocycles. The Morgan fingerprint density at radius 2 is 2.05 bits per heavy atom. The number of aromatic nitrogens is 2. The normalized spacial score (nSPS) is 12.4. The Labute approximate surface area is 126 Å². The van der Waals surface area contributed by atoms with Gasteiger partial charge in [-0.2, -0.15) is 0 Å². The van der Waals surface area contributed by atoms with Crippen molar-refractivity contribution in [3.63, 3.8) is 0 Å². The molecule has 0 amide bonds. The smallest absolute Gasteiger partial charge is 0.192 e. The second kappa shape index (κ2) is 7.03. The summed E-state index contributed by atoms with van der Waals surface area (Å²) in [4.78, 5) is 9.66. The van der Waals surface area contributed by atoms with Crippen molar-refractivity contribution in [2.45, 2.75) is 35.9 Å². The lowest BCUT2D eigenvalue weighted by molar-refractivity contribution is 0.641. The van der Waals surface area contributed by atoms with Gasteiger partial charge in [0, 0.05) is 27.8 Å². The summed E-state index contributed by atoms with van der Waals surface area (Å²) in [5.41, 5.74) is 7.30. The first-order chi connectivity index (χ1) is 9.19. The highest BCUT2D eigenvalue weighted by molar-refractivity contribution is 9.10. The van der Waals surface area contributed by atoms with Gasteiger partial charge >= 0.3 is 0 Å². The molecule has 0 bridgehead atoms. The standard InChI is InChI=1S/C14H16BrN3S/c1-2-12(16)9-10-8-11(15)4-5-13(10)19-14-17-6-3-7-18-14/h3-8,12H,2,9,16H2,1H3. The molecule has 1 aromatic carbocycles. The zero-order valence-corrected chi connectivity index (χ0v) is 13.1. The minimum Gasteiger partial charge on any atom is -0.327 e. The van der Waals surface area contributed by atoms with Gasteiger partial charge in [-0.25, -0.2) is 9.97 Å². The van der Waals surface area contributed by atoms with Crippen molar-refractivity contribution in [3.05, 3.63) is 46.7 Å². The molecule has 3 nitrogen and oxygen atoms in total. The molecule has 1 aromatic heterocycles. The largest absolute Gasteiger partial charge is 0.327 e. The van der Waals surface area contributed by atoms with Gasteiger partial charge in [0.05, 0.1) is 0 Å². The topological polar surface area (TPSA) is 51.8 Å². The molecular weight excluding hydrogens is 322 g/mol. The molecular formula is C14H16BrN3S. The molecule has 5 heteroatoms. The van der Waals surface area contributed by atoms with E-state index in [4.69, 9.17) is 5.73 Å². The second-order valence-electron chi connectivity index (χ2n) is 4.26. The van der Waals surface area contributed by atoms with E-state index in [0.29, 0.717) is 0 Å². The van der Waals surface area contributed by atoms with Gasteiger partial charge in [0.2, 0.25) is 0 Å². The molecule has 0 radical (unpaired) electrons. The number of nitrogens with two attached hydrogens (primary N) is 1. The van der Waals surface area contributed by atoms with Crippen LogP contribution in [0.5, 0.6) is 0 Å². The van der Waals surface area contributed by atoms with Crippen molar-refractivity contribution < 1.29 is 0 Å². The molecule has 0 aliphatic rings. The van der Waals surface area contributed by atoms with E-state index in [1.54, 1.807) is 24.2 Å². The van der Waals surface area contributed by atoms with Crippen LogP contribution < -0.4 is 5.73 Å². The van der Waals surface area contributed by atoms with Crippen LogP contribution in [0.2, 0.25) is 0 Å². The molecule has 2 N–H and O–H groups in total. The maximum absolute atomic E-state index is 6.06. The quantitative estimate of drug-likeness (QED) is 0.845. The Morgan fingerprint density at radius 1 is 1.32 bits per heavy atom. The lowest BCUT2D eigenvalue weighted by Gasteiger charge is -2.13. The van der Waals surface area contributed by atoms with E-state index in [1.807, 2.05) is 12.1 Å². The molecule has 100 valence electrons. The molecule has 0 fully saturated rings. The fourth-order valence-electron chi connectivity index (χ4n) is 1.67. The maximum Gasteiger partial charge on any atom is 0.192 e. The summed E-state index contributed by atoms with van der Waals surface area (Å²) in [5.74, 6) is 0. The SMILES string of the molecule is CCC(N)Cc1cc(Br)ccc1Sc1ncccn1. The van der Waals surface area contributed by atoms with E-state index in [0.717, 1.165) is 22.5 Å². The molecule has 0 aliphatic heterocycles. The van der Waals surface area contributed by atoms with Gasteiger partial charge in [0.25, 0.3) is 0 Å². The number of halogens is 1. The van der Waals surface area contributed by atoms with E-state index >= 15 is 0 Å². The average Bonchev–Trinajstić information content (AvgIpc) is 2.43. The summed E-state index contributed by atoms with van der Waals surface area (Å²) in [5, 5.41) is 0.760. The van der Waals surface area contributed by atoms with E-state index in [9.17, 15) is 0 Å². The van der Waals surface area contributed by atoms with Crippen LogP contribution in [0.4, 0.5) is 0 Å². The number of hydrogen-bond acceptors (Lipinski definition) is 4. The molecule has 0 spiro atoms. The highest BCUT2D eigenvalue weighted by Crippen LogP contribution is 2.30. The van der Waals surface area contributed by atoms with E-state index in [1.165, 1.54) is 10.5 Å². The van der Waals surface area contributed by atoms with E-state index in [-0.39, 0.29) is 6.04 Å². The molecule has 0 aliphatic carbocycles. The zero-order valence-electron chi connectivity index (χ0n) is 10.7. The highest BCUT2D eigenvalue weighted by Gasteiger charge is 2.10. The minimum atomic E-state index is 0.186. The Bertz CT molecular complexity index is 533. The molecule has 2 aromatic rings. The van der Waals surface area contributed by atoms with Crippen LogP contribution in [0.3, 0.4) is 0 Å². The van der Waals surface area contributed by atoms with E-state index in [2.05, 4.69) is 45.0 Å². The summed E-state index contributed by atoms with van der Waals surface area (Å²) >= 11 is 5.09. The van der Waals surface area contributed by atoms with Gasteiger partial charge in [-0.3, -0.25) is 0 Å². The third-order valence-electron chi connectivity index (χ3n) is 2.77. The first-order valence-electron chi connectivity index (χ1n) is 6.18. The summed E-state index contributed by atoms with van der Waals surface area (Å²) in [6, 6.07) is 8.25. The number of benzene rings is 1. The van der Waals surface area contributed by atoms with Crippen LogP contribution in [0.15, 0.2) is 51.2 Å². The van der Waals surface area contributed by atoms with Gasteiger partial charge in [-0.05, 0) is 54.4 Å². The van der Waals surface area contributed by atoms with Gasteiger partial charge in [-0.1, -0.05) is 22.9 Å². The Kier molecular flexibility index (Phi) is 5.36. The summed E-state index contributed by atoms with van der Waals surface area (Å²) in [6.07, 6.45) is 5.35. The van der Waals surface area contributed by atoms with Gasteiger partial charge in [-0.15, -0.1) is 0 Å². The lowest BCUT2D eigenvalue weighted by Crippen LogP contribution is -2.21. The van der Waals surface area contributed by atoms with Crippen LogP contribution >= 0.6 is 27.7 Å². The molecule has 0 saturated heterocycles. The maximum atomic E-state index is 6.06. The predicted octanol–water partition coefficient (Wildman–Crippen LogP) is 3.67. The predicted molar refractivity (Wildman–Crippen MR) is 82.3 cm³/mol. The molecule has 1 unspecified atom stereocenters. The van der Waals surface area contributed by atoms with Crippen LogP contribution in [-0.4, -0.2) is 16.0 Å². The number of hydrogen-bond donors (Lipinski definition) is 1. The summed E-state index contributed by atoms with van der Waals surface area (Å²) < 4.78 is 1.07. The Morgan fingerprint density at radius 3 is 2.74 bits per heavy atom. The molecule has 1 heterocycles. The second-order valence-corrected chi connectivity index (χ2v) is 6.18. The molecule has 2 rings (SSSR count). The van der Waals surface area contributed by atoms with Crippen molar-refractivity contribution in [2.75, 3.05) is 0 Å². The summed E-state index contributed by atoms with van der Waals surface area (Å²) in [7, 11) is 0. The van der Waals surface area contributed by atoms with Crippen molar-refractivity contribution in [1.82, 2.24) is 9.97 Å². The number of nitrogens with zero attached hydrogens (tertiary/aromatic N) is 2. The molecule has 1 atom stereocenters. The third-order valence-corrected chi connectivity index (χ3v) is 4.28. The van der Waals surface area contributed by atoms with Crippen LogP contribution in [0, 0.1) is 0 Å². The monoisotopic (exact) mass is 337 g/mol. The van der Waals surface area contributed by atoms with Crippen molar-refractivity contribution in [3.8, 4) is 0 Å². The lowest BCUT2D eigenvalue weighted by atomic mass is 10.1. The average molecular weight is 338 g/mol. The fraction of sp³-hybridized carbons (Fsp3) is 0.286. The molecule has 19 heavy (non-hydrogen) atoms. The minimum absolute atomic E-state index is 0.186. The van der Waals surface area contributed by atoms with Crippen LogP contribution in [-0.2, 0) is 6.42 Å². The van der Waals surface area contributed by atoms with Crippen LogP contribution in [0.1, 0.15) is 18.9 Å². The van der Waals surface area contributed by atoms with E-state index < -0.39 is 0 Å². The number of rotatable bonds is 5. The summed E-state index contributed by atoms with van der Waals surface area (Å²) in [6.45, 7) is 2.11. The fourth-order valence-corrected chi connectivity index (χ4v) is 2.91. The van der Waals surface area contributed by atoms with Gasteiger partial charge in [0.15, 0.2) is 5.16 Å². The van der Waals surface area contributed by atoms with Crippen molar-refractivity contribution >= 4 is 27.7 Å². The highest BCUT2D eigenvalue weighted by atomic mass is 79.9. The Hall–Kier alpha value is -0.910. The first-order valence-corrected chi connectivity index (χ1v) is 7.79. The van der Waals surface area contributed by atoms with Crippen molar-refractivity contribution in [1.29, 1.82) is 0 Å².